The Hall–Kier alpha value is -2.69. The summed E-state index contributed by atoms with van der Waals surface area (Å²) in [5, 5.41) is 16.2. The molecule has 0 spiro atoms. The Bertz CT molecular complexity index is 1400. The third-order valence-corrected chi connectivity index (χ3v) is 9.05. The number of carbonyl (C=O) groups is 2. The Morgan fingerprint density at radius 1 is 1.20 bits per heavy atom. The van der Waals surface area contributed by atoms with Crippen LogP contribution in [0.3, 0.4) is 0 Å². The number of aromatic nitrogens is 3. The zero-order chi connectivity index (χ0) is 24.5. The summed E-state index contributed by atoms with van der Waals surface area (Å²) in [7, 11) is 1.91. The fourth-order valence-electron chi connectivity index (χ4n) is 4.26. The van der Waals surface area contributed by atoms with Crippen LogP contribution in [0.4, 0.5) is 5.00 Å². The molecule has 0 bridgehead atoms. The third-order valence-electron chi connectivity index (χ3n) is 5.86. The molecule has 1 amide bonds. The third kappa shape index (κ3) is 4.87. The van der Waals surface area contributed by atoms with Gasteiger partial charge in [-0.2, -0.15) is 0 Å². The van der Waals surface area contributed by atoms with Gasteiger partial charge in [-0.1, -0.05) is 30.0 Å². The van der Waals surface area contributed by atoms with Crippen LogP contribution in [0.5, 0.6) is 0 Å². The first-order valence-corrected chi connectivity index (χ1v) is 14.2. The first-order valence-electron chi connectivity index (χ1n) is 11.6. The Balaban J connectivity index is 1.31. The van der Waals surface area contributed by atoms with Crippen molar-refractivity contribution >= 4 is 61.4 Å². The highest BCUT2D eigenvalue weighted by Gasteiger charge is 2.28. The van der Waals surface area contributed by atoms with E-state index in [4.69, 9.17) is 4.74 Å². The van der Waals surface area contributed by atoms with Crippen LogP contribution in [0.2, 0.25) is 0 Å². The summed E-state index contributed by atoms with van der Waals surface area (Å²) in [6, 6.07) is 8.21. The average molecular weight is 527 g/mol. The minimum atomic E-state index is -0.358. The molecule has 0 atom stereocenters. The molecule has 0 fully saturated rings. The highest BCUT2D eigenvalue weighted by atomic mass is 32.2. The van der Waals surface area contributed by atoms with Crippen molar-refractivity contribution in [3.63, 3.8) is 0 Å². The van der Waals surface area contributed by atoms with Gasteiger partial charge in [0.05, 0.1) is 17.4 Å². The molecule has 0 unspecified atom stereocenters. The molecule has 0 aliphatic heterocycles. The Labute approximate surface area is 215 Å². The molecule has 1 aromatic carbocycles. The molecular weight excluding hydrogens is 501 g/mol. The lowest BCUT2D eigenvalue weighted by molar-refractivity contribution is -0.113. The largest absolute Gasteiger partial charge is 0.459 e. The topological polar surface area (TPSA) is 86.1 Å². The van der Waals surface area contributed by atoms with Gasteiger partial charge in [0, 0.05) is 33.0 Å². The number of anilines is 1. The summed E-state index contributed by atoms with van der Waals surface area (Å²) in [5.74, 6) is 0.397. The molecule has 182 valence electrons. The van der Waals surface area contributed by atoms with E-state index in [1.165, 1.54) is 32.7 Å². The number of fused-ring (bicyclic) bond motifs is 2. The minimum Gasteiger partial charge on any atom is -0.459 e. The minimum absolute atomic E-state index is 0.164. The predicted octanol–water partition coefficient (Wildman–Crippen LogP) is 5.93. The van der Waals surface area contributed by atoms with Crippen molar-refractivity contribution in [2.45, 2.75) is 50.8 Å². The molecule has 0 radical (unpaired) electrons. The van der Waals surface area contributed by atoms with Crippen LogP contribution >= 0.6 is 34.4 Å². The first-order chi connectivity index (χ1) is 16.9. The number of hydrogen-bond donors (Lipinski definition) is 1. The van der Waals surface area contributed by atoms with E-state index >= 15 is 0 Å². The summed E-state index contributed by atoms with van der Waals surface area (Å²) in [4.78, 5) is 26.9. The van der Waals surface area contributed by atoms with Crippen molar-refractivity contribution < 1.29 is 14.3 Å². The summed E-state index contributed by atoms with van der Waals surface area (Å²) >= 11 is 4.50. The number of nitrogens with one attached hydrogen (secondary N) is 1. The van der Waals surface area contributed by atoms with Crippen LogP contribution in [0.25, 0.3) is 21.5 Å². The van der Waals surface area contributed by atoms with Crippen molar-refractivity contribution in [1.82, 2.24) is 14.8 Å². The lowest BCUT2D eigenvalue weighted by atomic mass is 9.95. The number of ether oxygens (including phenoxy) is 1. The van der Waals surface area contributed by atoms with Crippen molar-refractivity contribution in [1.29, 1.82) is 0 Å². The smallest absolute Gasteiger partial charge is 0.341 e. The second kappa shape index (κ2) is 10.1. The van der Waals surface area contributed by atoms with E-state index in [-0.39, 0.29) is 23.7 Å². The molecule has 4 aromatic rings. The number of thioether (sulfide) groups is 1. The number of esters is 1. The summed E-state index contributed by atoms with van der Waals surface area (Å²) < 4.78 is 8.60. The highest BCUT2D eigenvalue weighted by Crippen LogP contribution is 2.39. The lowest BCUT2D eigenvalue weighted by Crippen LogP contribution is -2.19. The number of hydrogen-bond acceptors (Lipinski definition) is 8. The Morgan fingerprint density at radius 2 is 2.00 bits per heavy atom. The van der Waals surface area contributed by atoms with Gasteiger partial charge >= 0.3 is 5.97 Å². The summed E-state index contributed by atoms with van der Waals surface area (Å²) in [5.41, 5.74) is 2.60. The van der Waals surface area contributed by atoms with Gasteiger partial charge < -0.3 is 14.6 Å². The van der Waals surface area contributed by atoms with E-state index in [0.717, 1.165) is 48.0 Å². The first kappa shape index (κ1) is 24.0. The standard InChI is InChI=1S/C25H26N4O3S3/c1-14(2)32-24(31)21-16-9-5-7-11-19(16)35-23(21)26-20(30)13-34-25-28-27-22(29(25)3)17-12-33-18-10-6-4-8-15(17)18/h4,6,8,10,12,14H,5,7,9,11,13H2,1-3H3,(H,26,30). The number of nitrogens with zero attached hydrogens (tertiary/aromatic N) is 3. The van der Waals surface area contributed by atoms with Gasteiger partial charge in [0.2, 0.25) is 5.91 Å². The molecule has 0 saturated heterocycles. The molecule has 35 heavy (non-hydrogen) atoms. The zero-order valence-corrected chi connectivity index (χ0v) is 22.2. The van der Waals surface area contributed by atoms with Crippen molar-refractivity contribution in [2.24, 2.45) is 7.05 Å². The molecule has 3 aromatic heterocycles. The van der Waals surface area contributed by atoms with E-state index < -0.39 is 0 Å². The fourth-order valence-corrected chi connectivity index (χ4v) is 7.21. The molecule has 1 N–H and O–H groups in total. The lowest BCUT2D eigenvalue weighted by Gasteiger charge is -2.14. The molecule has 7 nitrogen and oxygen atoms in total. The molecule has 0 saturated carbocycles. The van der Waals surface area contributed by atoms with Gasteiger partial charge in [0.25, 0.3) is 0 Å². The summed E-state index contributed by atoms with van der Waals surface area (Å²) in [6.45, 7) is 3.67. The van der Waals surface area contributed by atoms with E-state index in [0.29, 0.717) is 15.7 Å². The monoisotopic (exact) mass is 526 g/mol. The maximum absolute atomic E-state index is 12.9. The zero-order valence-electron chi connectivity index (χ0n) is 19.8. The van der Waals surface area contributed by atoms with Crippen molar-refractivity contribution in [3.05, 3.63) is 45.6 Å². The van der Waals surface area contributed by atoms with E-state index in [9.17, 15) is 9.59 Å². The van der Waals surface area contributed by atoms with Gasteiger partial charge in [-0.3, -0.25) is 4.79 Å². The Morgan fingerprint density at radius 3 is 2.83 bits per heavy atom. The predicted molar refractivity (Wildman–Crippen MR) is 143 cm³/mol. The van der Waals surface area contributed by atoms with Crippen LogP contribution in [-0.4, -0.2) is 38.5 Å². The van der Waals surface area contributed by atoms with Crippen LogP contribution in [0, 0.1) is 0 Å². The van der Waals surface area contributed by atoms with Crippen LogP contribution < -0.4 is 5.32 Å². The molecule has 1 aliphatic rings. The number of rotatable bonds is 7. The maximum atomic E-state index is 12.9. The van der Waals surface area contributed by atoms with Crippen LogP contribution in [0.1, 0.15) is 47.5 Å². The van der Waals surface area contributed by atoms with Crippen molar-refractivity contribution in [2.75, 3.05) is 11.1 Å². The molecule has 5 rings (SSSR count). The fraction of sp³-hybridized carbons (Fsp3) is 0.360. The number of aryl methyl sites for hydroxylation is 1. The number of carbonyl (C=O) groups excluding carboxylic acids is 2. The van der Waals surface area contributed by atoms with Gasteiger partial charge in [0.15, 0.2) is 11.0 Å². The van der Waals surface area contributed by atoms with Gasteiger partial charge in [0.1, 0.15) is 5.00 Å². The van der Waals surface area contributed by atoms with E-state index in [1.807, 2.05) is 37.6 Å². The quantitative estimate of drug-likeness (QED) is 0.237. The van der Waals surface area contributed by atoms with Crippen molar-refractivity contribution in [3.8, 4) is 11.4 Å². The van der Waals surface area contributed by atoms with Crippen LogP contribution in [-0.2, 0) is 29.4 Å². The molecule has 3 heterocycles. The van der Waals surface area contributed by atoms with E-state index in [1.54, 1.807) is 11.3 Å². The summed E-state index contributed by atoms with van der Waals surface area (Å²) in [6.07, 6.45) is 3.71. The average Bonchev–Trinajstić information content (AvgIpc) is 3.51. The van der Waals surface area contributed by atoms with Crippen LogP contribution in [0.15, 0.2) is 34.8 Å². The number of thiophene rings is 2. The second-order valence-electron chi connectivity index (χ2n) is 8.72. The second-order valence-corrected chi connectivity index (χ2v) is 11.7. The normalized spacial score (nSPS) is 13.3. The van der Waals surface area contributed by atoms with Gasteiger partial charge in [-0.15, -0.1) is 32.9 Å². The SMILES string of the molecule is CC(C)OC(=O)c1c(NC(=O)CSc2nnc(-c3csc4ccccc34)n2C)sc2c1CCCC2. The molecule has 10 heteroatoms. The maximum Gasteiger partial charge on any atom is 0.341 e. The number of benzene rings is 1. The van der Waals surface area contributed by atoms with Gasteiger partial charge in [-0.25, -0.2) is 4.79 Å². The molecule has 1 aliphatic carbocycles. The highest BCUT2D eigenvalue weighted by molar-refractivity contribution is 7.99. The van der Waals surface area contributed by atoms with E-state index in [2.05, 4.69) is 33.0 Å². The molecular formula is C25H26N4O3S3. The van der Waals surface area contributed by atoms with Gasteiger partial charge in [-0.05, 0) is 51.2 Å². The Kier molecular flexibility index (Phi) is 6.95. The number of amides is 1.